The van der Waals surface area contributed by atoms with Crippen molar-refractivity contribution >= 4 is 17.7 Å². The third-order valence-corrected chi connectivity index (χ3v) is 3.74. The molecule has 0 aliphatic heterocycles. The molecule has 94 valence electrons. The van der Waals surface area contributed by atoms with Gasteiger partial charge in [-0.1, -0.05) is 13.0 Å². The van der Waals surface area contributed by atoms with Crippen LogP contribution in [-0.2, 0) is 4.79 Å². The number of nitrogens with two attached hydrogens (primary N) is 1. The summed E-state index contributed by atoms with van der Waals surface area (Å²) in [6.45, 7) is 1.81. The molecule has 0 radical (unpaired) electrons. The van der Waals surface area contributed by atoms with E-state index in [0.717, 1.165) is 17.2 Å². The van der Waals surface area contributed by atoms with Gasteiger partial charge in [-0.3, -0.25) is 4.79 Å². The van der Waals surface area contributed by atoms with E-state index in [1.807, 2.05) is 18.2 Å². The van der Waals surface area contributed by atoms with E-state index in [1.54, 1.807) is 24.9 Å². The molecule has 3 N–H and O–H groups in total. The molecule has 5 heteroatoms. The Morgan fingerprint density at radius 3 is 2.88 bits per heavy atom. The molecule has 0 aliphatic rings. The monoisotopic (exact) mass is 254 g/mol. The Morgan fingerprint density at radius 2 is 2.35 bits per heavy atom. The summed E-state index contributed by atoms with van der Waals surface area (Å²) >= 11 is 1.62. The van der Waals surface area contributed by atoms with Crippen LogP contribution in [0.4, 0.5) is 0 Å². The summed E-state index contributed by atoms with van der Waals surface area (Å²) in [6.07, 6.45) is 3.48. The zero-order valence-corrected chi connectivity index (χ0v) is 10.7. The third-order valence-electron chi connectivity index (χ3n) is 2.71. The van der Waals surface area contributed by atoms with Gasteiger partial charge in [0.1, 0.15) is 5.54 Å². The van der Waals surface area contributed by atoms with Crippen molar-refractivity contribution in [2.75, 3.05) is 5.75 Å². The topological polar surface area (TPSA) is 76.2 Å². The van der Waals surface area contributed by atoms with Gasteiger partial charge in [-0.15, -0.1) is 11.8 Å². The van der Waals surface area contributed by atoms with Crippen molar-refractivity contribution in [3.05, 3.63) is 24.4 Å². The average molecular weight is 254 g/mol. The minimum atomic E-state index is -1.08. The third kappa shape index (κ3) is 4.36. The highest BCUT2D eigenvalue weighted by Gasteiger charge is 2.30. The SMILES string of the molecule is CCC(N)(CCCSc1ccccn1)C(=O)O. The highest BCUT2D eigenvalue weighted by Crippen LogP contribution is 2.20. The number of carboxylic acids is 1. The molecule has 1 aromatic heterocycles. The van der Waals surface area contributed by atoms with Crippen LogP contribution in [-0.4, -0.2) is 27.4 Å². The van der Waals surface area contributed by atoms with E-state index in [2.05, 4.69) is 4.98 Å². The van der Waals surface area contributed by atoms with Crippen molar-refractivity contribution in [1.82, 2.24) is 4.98 Å². The van der Waals surface area contributed by atoms with Crippen molar-refractivity contribution in [3.63, 3.8) is 0 Å². The molecule has 0 fully saturated rings. The molecular weight excluding hydrogens is 236 g/mol. The zero-order valence-electron chi connectivity index (χ0n) is 9.93. The summed E-state index contributed by atoms with van der Waals surface area (Å²) in [7, 11) is 0. The molecule has 4 nitrogen and oxygen atoms in total. The van der Waals surface area contributed by atoms with Gasteiger partial charge in [0.2, 0.25) is 0 Å². The van der Waals surface area contributed by atoms with E-state index in [9.17, 15) is 4.79 Å². The first-order valence-electron chi connectivity index (χ1n) is 5.64. The number of hydrogen-bond donors (Lipinski definition) is 2. The lowest BCUT2D eigenvalue weighted by molar-refractivity contribution is -0.143. The van der Waals surface area contributed by atoms with Gasteiger partial charge in [-0.05, 0) is 37.1 Å². The Kier molecular flexibility index (Phi) is 5.44. The summed E-state index contributed by atoms with van der Waals surface area (Å²) in [6, 6.07) is 5.75. The Bertz CT molecular complexity index is 359. The van der Waals surface area contributed by atoms with E-state index in [-0.39, 0.29) is 0 Å². The summed E-state index contributed by atoms with van der Waals surface area (Å²) in [4.78, 5) is 15.2. The van der Waals surface area contributed by atoms with Gasteiger partial charge >= 0.3 is 5.97 Å². The van der Waals surface area contributed by atoms with Crippen LogP contribution in [0.5, 0.6) is 0 Å². The summed E-state index contributed by atoms with van der Waals surface area (Å²) < 4.78 is 0. The predicted molar refractivity (Wildman–Crippen MR) is 69.0 cm³/mol. The first kappa shape index (κ1) is 14.0. The minimum absolute atomic E-state index is 0.455. The van der Waals surface area contributed by atoms with Crippen LogP contribution in [0.1, 0.15) is 26.2 Å². The van der Waals surface area contributed by atoms with Crippen molar-refractivity contribution in [3.8, 4) is 0 Å². The summed E-state index contributed by atoms with van der Waals surface area (Å²) in [5, 5.41) is 9.96. The highest BCUT2D eigenvalue weighted by molar-refractivity contribution is 7.99. The molecule has 1 unspecified atom stereocenters. The fourth-order valence-electron chi connectivity index (χ4n) is 1.43. The second-order valence-corrected chi connectivity index (χ2v) is 5.05. The zero-order chi connectivity index (χ0) is 12.7. The maximum Gasteiger partial charge on any atom is 0.323 e. The van der Waals surface area contributed by atoms with Gasteiger partial charge in [-0.2, -0.15) is 0 Å². The molecule has 0 aliphatic carbocycles. The van der Waals surface area contributed by atoms with E-state index >= 15 is 0 Å². The molecule has 0 spiro atoms. The van der Waals surface area contributed by atoms with Crippen LogP contribution < -0.4 is 5.73 Å². The molecule has 0 saturated carbocycles. The van der Waals surface area contributed by atoms with Gasteiger partial charge in [0.15, 0.2) is 0 Å². The van der Waals surface area contributed by atoms with Gasteiger partial charge in [0.05, 0.1) is 5.03 Å². The Hall–Kier alpha value is -1.07. The molecule has 17 heavy (non-hydrogen) atoms. The van der Waals surface area contributed by atoms with Crippen LogP contribution in [0.25, 0.3) is 0 Å². The molecule has 0 saturated heterocycles. The lowest BCUT2D eigenvalue weighted by Gasteiger charge is -2.22. The van der Waals surface area contributed by atoms with Crippen molar-refractivity contribution in [1.29, 1.82) is 0 Å². The van der Waals surface area contributed by atoms with E-state index in [4.69, 9.17) is 10.8 Å². The number of hydrogen-bond acceptors (Lipinski definition) is 4. The van der Waals surface area contributed by atoms with Crippen LogP contribution in [0.3, 0.4) is 0 Å². The fourth-order valence-corrected chi connectivity index (χ4v) is 2.24. The second kappa shape index (κ2) is 6.61. The van der Waals surface area contributed by atoms with Crippen LogP contribution in [0.2, 0.25) is 0 Å². The maximum absolute atomic E-state index is 11.0. The smallest absolute Gasteiger partial charge is 0.323 e. The summed E-state index contributed by atoms with van der Waals surface area (Å²) in [5.74, 6) is -0.0775. The number of thioether (sulfide) groups is 1. The number of carboxylic acid groups (broad SMARTS) is 1. The first-order chi connectivity index (χ1) is 8.08. The van der Waals surface area contributed by atoms with E-state index in [0.29, 0.717) is 12.8 Å². The standard InChI is InChI=1S/C12H18N2O2S/c1-2-12(13,11(15)16)7-5-9-17-10-6-3-4-8-14-10/h3-4,6,8H,2,5,7,9,13H2,1H3,(H,15,16). The number of aromatic nitrogens is 1. The molecule has 1 rings (SSSR count). The quantitative estimate of drug-likeness (QED) is 0.576. The lowest BCUT2D eigenvalue weighted by Crippen LogP contribution is -2.47. The van der Waals surface area contributed by atoms with Crippen LogP contribution in [0, 0.1) is 0 Å². The van der Waals surface area contributed by atoms with Crippen molar-refractivity contribution in [2.45, 2.75) is 36.8 Å². The predicted octanol–water partition coefficient (Wildman–Crippen LogP) is 2.15. The van der Waals surface area contributed by atoms with Crippen LogP contribution >= 0.6 is 11.8 Å². The largest absolute Gasteiger partial charge is 0.480 e. The fraction of sp³-hybridized carbons (Fsp3) is 0.500. The molecule has 0 aromatic carbocycles. The second-order valence-electron chi connectivity index (χ2n) is 3.93. The molecule has 1 aromatic rings. The number of aliphatic carboxylic acids is 1. The maximum atomic E-state index is 11.0. The molecule has 1 heterocycles. The Labute approximate surface area is 106 Å². The highest BCUT2D eigenvalue weighted by atomic mass is 32.2. The van der Waals surface area contributed by atoms with Gasteiger partial charge in [-0.25, -0.2) is 4.98 Å². The number of rotatable bonds is 7. The molecule has 1 atom stereocenters. The Morgan fingerprint density at radius 1 is 1.59 bits per heavy atom. The molecule has 0 bridgehead atoms. The van der Waals surface area contributed by atoms with Crippen LogP contribution in [0.15, 0.2) is 29.4 Å². The van der Waals surface area contributed by atoms with Gasteiger partial charge < -0.3 is 10.8 Å². The van der Waals surface area contributed by atoms with Crippen molar-refractivity contribution < 1.29 is 9.90 Å². The van der Waals surface area contributed by atoms with Gasteiger partial charge in [0, 0.05) is 6.20 Å². The number of nitrogens with zero attached hydrogens (tertiary/aromatic N) is 1. The number of carbonyl (C=O) groups is 1. The minimum Gasteiger partial charge on any atom is -0.480 e. The van der Waals surface area contributed by atoms with E-state index in [1.165, 1.54) is 0 Å². The normalized spacial score (nSPS) is 14.2. The number of pyridine rings is 1. The Balaban J connectivity index is 2.31. The first-order valence-corrected chi connectivity index (χ1v) is 6.63. The summed E-state index contributed by atoms with van der Waals surface area (Å²) in [5.41, 5.74) is 4.72. The lowest BCUT2D eigenvalue weighted by atomic mass is 9.92. The molecular formula is C12H18N2O2S. The van der Waals surface area contributed by atoms with Gasteiger partial charge in [0.25, 0.3) is 0 Å². The van der Waals surface area contributed by atoms with E-state index < -0.39 is 11.5 Å². The van der Waals surface area contributed by atoms with Crippen molar-refractivity contribution in [2.24, 2.45) is 5.73 Å². The molecule has 0 amide bonds. The average Bonchev–Trinajstić information content (AvgIpc) is 2.35.